The SMILES string of the molecule is CN1CC[C@@](O)(C#Cc2cccc(-c3nc(C(F)(F)F)c4c(N)cncc4n3)c2)C1=O. The van der Waals surface area contributed by atoms with E-state index < -0.39 is 23.4 Å². The molecule has 1 aliphatic heterocycles. The van der Waals surface area contributed by atoms with Crippen LogP contribution >= 0.6 is 0 Å². The highest BCUT2D eigenvalue weighted by Crippen LogP contribution is 2.36. The van der Waals surface area contributed by atoms with Crippen molar-refractivity contribution in [2.24, 2.45) is 0 Å². The van der Waals surface area contributed by atoms with E-state index in [-0.39, 0.29) is 34.4 Å². The number of benzene rings is 1. The molecule has 0 unspecified atom stereocenters. The molecule has 1 aromatic carbocycles. The van der Waals surface area contributed by atoms with Gasteiger partial charge in [0.05, 0.1) is 29.0 Å². The molecule has 158 valence electrons. The van der Waals surface area contributed by atoms with Gasteiger partial charge in [0.15, 0.2) is 11.5 Å². The number of likely N-dealkylation sites (N-methyl/N-ethyl adjacent to an activating group) is 1. The number of pyridine rings is 1. The molecule has 0 spiro atoms. The summed E-state index contributed by atoms with van der Waals surface area (Å²) in [5.41, 5.74) is 3.20. The number of aliphatic hydroxyl groups is 1. The predicted molar refractivity (Wildman–Crippen MR) is 106 cm³/mol. The van der Waals surface area contributed by atoms with Gasteiger partial charge < -0.3 is 15.7 Å². The number of hydrogen-bond donors (Lipinski definition) is 2. The largest absolute Gasteiger partial charge is 0.434 e. The Morgan fingerprint density at radius 1 is 1.26 bits per heavy atom. The van der Waals surface area contributed by atoms with Crippen molar-refractivity contribution in [3.63, 3.8) is 0 Å². The van der Waals surface area contributed by atoms with Crippen LogP contribution in [0, 0.1) is 11.8 Å². The van der Waals surface area contributed by atoms with Gasteiger partial charge in [-0.2, -0.15) is 13.2 Å². The molecule has 0 saturated carbocycles. The van der Waals surface area contributed by atoms with Crippen LogP contribution in [0.4, 0.5) is 18.9 Å². The highest BCUT2D eigenvalue weighted by atomic mass is 19.4. The molecule has 10 heteroatoms. The van der Waals surface area contributed by atoms with E-state index in [9.17, 15) is 23.1 Å². The summed E-state index contributed by atoms with van der Waals surface area (Å²) in [6.07, 6.45) is -2.27. The highest BCUT2D eigenvalue weighted by molar-refractivity contribution is 5.92. The average Bonchev–Trinajstić information content (AvgIpc) is 2.99. The molecular formula is C21H16F3N5O2. The normalized spacial score (nSPS) is 18.9. The molecular weight excluding hydrogens is 411 g/mol. The van der Waals surface area contributed by atoms with E-state index in [0.717, 1.165) is 6.20 Å². The zero-order valence-corrected chi connectivity index (χ0v) is 16.2. The second-order valence-electron chi connectivity index (χ2n) is 7.18. The summed E-state index contributed by atoms with van der Waals surface area (Å²) >= 11 is 0. The fraction of sp³-hybridized carbons (Fsp3) is 0.238. The van der Waals surface area contributed by atoms with Gasteiger partial charge in [0.25, 0.3) is 5.91 Å². The van der Waals surface area contributed by atoms with Gasteiger partial charge in [-0.05, 0) is 12.1 Å². The van der Waals surface area contributed by atoms with Crippen LogP contribution in [0.2, 0.25) is 0 Å². The molecule has 2 aromatic heterocycles. The lowest BCUT2D eigenvalue weighted by Gasteiger charge is -2.13. The Morgan fingerprint density at radius 2 is 2.03 bits per heavy atom. The van der Waals surface area contributed by atoms with E-state index in [1.807, 2.05) is 0 Å². The van der Waals surface area contributed by atoms with E-state index in [1.54, 1.807) is 19.2 Å². The lowest BCUT2D eigenvalue weighted by atomic mass is 10.0. The first kappa shape index (κ1) is 20.6. The van der Waals surface area contributed by atoms with Crippen LogP contribution in [0.5, 0.6) is 0 Å². The molecule has 7 nitrogen and oxygen atoms in total. The Bertz CT molecular complexity index is 1270. The predicted octanol–water partition coefficient (Wildman–Crippen LogP) is 2.24. The molecule has 3 N–H and O–H groups in total. The number of fused-ring (bicyclic) bond motifs is 1. The molecule has 0 aliphatic carbocycles. The number of rotatable bonds is 1. The number of aromatic nitrogens is 3. The highest BCUT2D eigenvalue weighted by Gasteiger charge is 2.42. The fourth-order valence-electron chi connectivity index (χ4n) is 3.32. The Kier molecular flexibility index (Phi) is 4.78. The van der Waals surface area contributed by atoms with Gasteiger partial charge in [-0.1, -0.05) is 24.0 Å². The minimum atomic E-state index is -4.75. The van der Waals surface area contributed by atoms with Crippen molar-refractivity contribution in [3.05, 3.63) is 47.9 Å². The number of nitrogens with zero attached hydrogens (tertiary/aromatic N) is 4. The van der Waals surface area contributed by atoms with Crippen LogP contribution < -0.4 is 5.73 Å². The minimum absolute atomic E-state index is 0.0392. The van der Waals surface area contributed by atoms with Crippen LogP contribution in [-0.2, 0) is 11.0 Å². The second-order valence-corrected chi connectivity index (χ2v) is 7.18. The van der Waals surface area contributed by atoms with E-state index in [2.05, 4.69) is 26.8 Å². The number of nitrogens with two attached hydrogens (primary N) is 1. The lowest BCUT2D eigenvalue weighted by Crippen LogP contribution is -2.37. The van der Waals surface area contributed by atoms with Gasteiger partial charge in [0, 0.05) is 31.1 Å². The Hall–Kier alpha value is -3.71. The summed E-state index contributed by atoms with van der Waals surface area (Å²) in [5.74, 6) is 4.63. The van der Waals surface area contributed by atoms with Crippen molar-refractivity contribution >= 4 is 22.5 Å². The molecule has 1 aliphatic rings. The van der Waals surface area contributed by atoms with Crippen LogP contribution in [0.1, 0.15) is 17.7 Å². The third kappa shape index (κ3) is 3.75. The molecule has 1 atom stereocenters. The summed E-state index contributed by atoms with van der Waals surface area (Å²) in [5, 5.41) is 10.1. The monoisotopic (exact) mass is 427 g/mol. The summed E-state index contributed by atoms with van der Waals surface area (Å²) in [4.78, 5) is 25.1. The number of carbonyl (C=O) groups is 1. The van der Waals surface area contributed by atoms with Crippen LogP contribution in [0.15, 0.2) is 36.7 Å². The summed E-state index contributed by atoms with van der Waals surface area (Å²) in [6, 6.07) is 6.20. The van der Waals surface area contributed by atoms with Crippen molar-refractivity contribution in [2.45, 2.75) is 18.2 Å². The van der Waals surface area contributed by atoms with Gasteiger partial charge in [0.1, 0.15) is 0 Å². The lowest BCUT2D eigenvalue weighted by molar-refractivity contribution is -0.139. The summed E-state index contributed by atoms with van der Waals surface area (Å²) in [6.45, 7) is 0.381. The van der Waals surface area contributed by atoms with Crippen LogP contribution in [0.3, 0.4) is 0 Å². The van der Waals surface area contributed by atoms with Crippen molar-refractivity contribution < 1.29 is 23.1 Å². The minimum Gasteiger partial charge on any atom is -0.397 e. The molecule has 0 radical (unpaired) electrons. The maximum absolute atomic E-state index is 13.6. The number of halogens is 3. The molecule has 0 bridgehead atoms. The zero-order valence-electron chi connectivity index (χ0n) is 16.2. The van der Waals surface area contributed by atoms with Gasteiger partial charge >= 0.3 is 6.18 Å². The summed E-state index contributed by atoms with van der Waals surface area (Å²) in [7, 11) is 1.57. The first-order chi connectivity index (χ1) is 14.6. The van der Waals surface area contributed by atoms with E-state index in [4.69, 9.17) is 5.73 Å². The quantitative estimate of drug-likeness (QED) is 0.577. The standard InChI is InChI=1S/C21H16F3N5O2/c1-29-8-7-20(31,19(29)30)6-5-12-3-2-4-13(9-12)18-27-15-11-26-10-14(25)16(15)17(28-18)21(22,23)24/h2-4,9-11,31H,7-8,25H2,1H3/t20-/m0/s1. The van der Waals surface area contributed by atoms with Gasteiger partial charge in [-0.25, -0.2) is 9.97 Å². The average molecular weight is 427 g/mol. The first-order valence-electron chi connectivity index (χ1n) is 9.18. The maximum atomic E-state index is 13.6. The van der Waals surface area contributed by atoms with Gasteiger partial charge in [-0.15, -0.1) is 0 Å². The van der Waals surface area contributed by atoms with Crippen molar-refractivity contribution in [3.8, 4) is 23.2 Å². The number of carbonyl (C=O) groups excluding carboxylic acids is 1. The smallest absolute Gasteiger partial charge is 0.397 e. The van der Waals surface area contributed by atoms with Gasteiger partial charge in [0.2, 0.25) is 5.60 Å². The molecule has 4 rings (SSSR count). The fourth-order valence-corrected chi connectivity index (χ4v) is 3.32. The summed E-state index contributed by atoms with van der Waals surface area (Å²) < 4.78 is 40.9. The van der Waals surface area contributed by atoms with Crippen LogP contribution in [-0.4, -0.2) is 50.1 Å². The molecule has 1 saturated heterocycles. The van der Waals surface area contributed by atoms with Crippen molar-refractivity contribution in [1.82, 2.24) is 19.9 Å². The van der Waals surface area contributed by atoms with E-state index >= 15 is 0 Å². The number of likely N-dealkylation sites (tertiary alicyclic amines) is 1. The third-order valence-corrected chi connectivity index (χ3v) is 4.95. The van der Waals surface area contributed by atoms with Crippen molar-refractivity contribution in [1.29, 1.82) is 0 Å². The number of alkyl halides is 3. The van der Waals surface area contributed by atoms with Crippen molar-refractivity contribution in [2.75, 3.05) is 19.3 Å². The third-order valence-electron chi connectivity index (χ3n) is 4.95. The number of nitrogen functional groups attached to an aromatic ring is 1. The molecule has 3 heterocycles. The Morgan fingerprint density at radius 3 is 2.71 bits per heavy atom. The van der Waals surface area contributed by atoms with E-state index in [1.165, 1.54) is 23.2 Å². The first-order valence-corrected chi connectivity index (χ1v) is 9.18. The Balaban J connectivity index is 1.79. The molecule has 3 aromatic rings. The Labute approximate surface area is 174 Å². The molecule has 1 amide bonds. The molecule has 1 fully saturated rings. The van der Waals surface area contributed by atoms with E-state index in [0.29, 0.717) is 12.1 Å². The number of anilines is 1. The number of amides is 1. The topological polar surface area (TPSA) is 105 Å². The zero-order chi connectivity index (χ0) is 22.4. The number of hydrogen-bond acceptors (Lipinski definition) is 6. The molecule has 31 heavy (non-hydrogen) atoms. The second kappa shape index (κ2) is 7.21. The maximum Gasteiger partial charge on any atom is 0.434 e. The van der Waals surface area contributed by atoms with Crippen LogP contribution in [0.25, 0.3) is 22.3 Å². The van der Waals surface area contributed by atoms with Gasteiger partial charge in [-0.3, -0.25) is 9.78 Å².